The van der Waals surface area contributed by atoms with Crippen molar-refractivity contribution in [3.63, 3.8) is 0 Å². The Labute approximate surface area is 125 Å². The van der Waals surface area contributed by atoms with E-state index in [0.717, 1.165) is 37.2 Å². The predicted molar refractivity (Wildman–Crippen MR) is 83.2 cm³/mol. The third-order valence-electron chi connectivity index (χ3n) is 3.82. The minimum atomic E-state index is -0.0943. The summed E-state index contributed by atoms with van der Waals surface area (Å²) in [5.41, 5.74) is 2.21. The number of aliphatic hydroxyl groups excluding tert-OH is 1. The first-order valence-electron chi connectivity index (χ1n) is 7.55. The number of fused-ring (bicyclic) bond motifs is 1. The highest BCUT2D eigenvalue weighted by Gasteiger charge is 2.11. The maximum absolute atomic E-state index is 11.8. The van der Waals surface area contributed by atoms with Gasteiger partial charge in [0.15, 0.2) is 0 Å². The van der Waals surface area contributed by atoms with Crippen LogP contribution in [0.2, 0.25) is 0 Å². The monoisotopic (exact) mass is 289 g/mol. The van der Waals surface area contributed by atoms with E-state index in [1.807, 2.05) is 18.2 Å². The number of carbonyl (C=O) groups excluding carboxylic acids is 1. The van der Waals surface area contributed by atoms with Gasteiger partial charge in [-0.15, -0.1) is 0 Å². The van der Waals surface area contributed by atoms with Gasteiger partial charge in [-0.3, -0.25) is 4.79 Å². The smallest absolute Gasteiger partial charge is 0.244 e. The molecular formula is C17H23NO3. The van der Waals surface area contributed by atoms with Crippen LogP contribution in [0.25, 0.3) is 6.08 Å². The number of aliphatic hydroxyl groups is 1. The lowest BCUT2D eigenvalue weighted by atomic mass is 10.0. The zero-order valence-corrected chi connectivity index (χ0v) is 12.5. The summed E-state index contributed by atoms with van der Waals surface area (Å²) < 4.78 is 5.46. The lowest BCUT2D eigenvalue weighted by molar-refractivity contribution is -0.116. The summed E-state index contributed by atoms with van der Waals surface area (Å²) in [6.45, 7) is 3.58. The minimum Gasteiger partial charge on any atom is -0.493 e. The summed E-state index contributed by atoms with van der Waals surface area (Å²) >= 11 is 0. The molecule has 1 unspecified atom stereocenters. The Morgan fingerprint density at radius 3 is 3.14 bits per heavy atom. The first kappa shape index (κ1) is 15.6. The first-order chi connectivity index (χ1) is 10.2. The second-order valence-corrected chi connectivity index (χ2v) is 5.33. The summed E-state index contributed by atoms with van der Waals surface area (Å²) in [7, 11) is 0. The highest BCUT2D eigenvalue weighted by atomic mass is 16.5. The Hall–Kier alpha value is -1.81. The van der Waals surface area contributed by atoms with Crippen LogP contribution < -0.4 is 10.1 Å². The number of ether oxygens (including phenoxy) is 1. The van der Waals surface area contributed by atoms with Crippen LogP contribution in [0.3, 0.4) is 0 Å². The molecule has 1 amide bonds. The van der Waals surface area contributed by atoms with Crippen molar-refractivity contribution in [3.8, 4) is 5.75 Å². The molecule has 4 nitrogen and oxygen atoms in total. The van der Waals surface area contributed by atoms with Crippen LogP contribution in [0.1, 0.15) is 30.9 Å². The molecule has 0 spiro atoms. The molecule has 0 saturated carbocycles. The normalized spacial score (nSPS) is 14.8. The molecule has 0 saturated heterocycles. The highest BCUT2D eigenvalue weighted by molar-refractivity contribution is 5.91. The molecule has 1 aromatic rings. The molecule has 2 rings (SSSR count). The van der Waals surface area contributed by atoms with Gasteiger partial charge in [-0.1, -0.05) is 19.4 Å². The van der Waals surface area contributed by atoms with Crippen LogP contribution in [-0.4, -0.2) is 30.8 Å². The van der Waals surface area contributed by atoms with Crippen LogP contribution in [0.4, 0.5) is 0 Å². The van der Waals surface area contributed by atoms with Crippen LogP contribution in [0.5, 0.6) is 5.75 Å². The van der Waals surface area contributed by atoms with Crippen molar-refractivity contribution in [2.24, 2.45) is 5.92 Å². The third-order valence-corrected chi connectivity index (χ3v) is 3.82. The fraction of sp³-hybridized carbons (Fsp3) is 0.471. The van der Waals surface area contributed by atoms with E-state index in [1.165, 1.54) is 5.56 Å². The van der Waals surface area contributed by atoms with Gasteiger partial charge in [-0.25, -0.2) is 0 Å². The van der Waals surface area contributed by atoms with Gasteiger partial charge in [0.25, 0.3) is 0 Å². The summed E-state index contributed by atoms with van der Waals surface area (Å²) in [5.74, 6) is 1.19. The van der Waals surface area contributed by atoms with Crippen molar-refractivity contribution in [2.75, 3.05) is 19.8 Å². The van der Waals surface area contributed by atoms with Crippen molar-refractivity contribution in [1.82, 2.24) is 5.32 Å². The van der Waals surface area contributed by atoms with E-state index >= 15 is 0 Å². The number of carbonyl (C=O) groups is 1. The van der Waals surface area contributed by atoms with Crippen LogP contribution in [-0.2, 0) is 11.2 Å². The van der Waals surface area contributed by atoms with Crippen LogP contribution >= 0.6 is 0 Å². The van der Waals surface area contributed by atoms with E-state index in [4.69, 9.17) is 9.84 Å². The number of benzene rings is 1. The van der Waals surface area contributed by atoms with Crippen LogP contribution in [0, 0.1) is 5.92 Å². The molecular weight excluding hydrogens is 266 g/mol. The topological polar surface area (TPSA) is 58.6 Å². The van der Waals surface area contributed by atoms with Crippen LogP contribution in [0.15, 0.2) is 24.3 Å². The Balaban J connectivity index is 1.84. The van der Waals surface area contributed by atoms with Gasteiger partial charge in [0.05, 0.1) is 6.61 Å². The molecule has 1 aromatic carbocycles. The Kier molecular flexibility index (Phi) is 5.81. The average Bonchev–Trinajstić information content (AvgIpc) is 2.96. The average molecular weight is 289 g/mol. The van der Waals surface area contributed by atoms with Gasteiger partial charge in [-0.2, -0.15) is 0 Å². The summed E-state index contributed by atoms with van der Waals surface area (Å²) in [5, 5.41) is 11.8. The van der Waals surface area contributed by atoms with Crippen molar-refractivity contribution in [1.29, 1.82) is 0 Å². The second-order valence-electron chi connectivity index (χ2n) is 5.33. The molecule has 2 N–H and O–H groups in total. The van der Waals surface area contributed by atoms with E-state index < -0.39 is 0 Å². The van der Waals surface area contributed by atoms with Crippen molar-refractivity contribution >= 4 is 12.0 Å². The molecule has 114 valence electrons. The Morgan fingerprint density at radius 2 is 2.38 bits per heavy atom. The Morgan fingerprint density at radius 1 is 1.52 bits per heavy atom. The molecule has 4 heteroatoms. The number of nitrogens with one attached hydrogen (secondary N) is 1. The largest absolute Gasteiger partial charge is 0.493 e. The van der Waals surface area contributed by atoms with Gasteiger partial charge in [-0.05, 0) is 41.7 Å². The van der Waals surface area contributed by atoms with Gasteiger partial charge >= 0.3 is 0 Å². The molecule has 1 atom stereocenters. The molecule has 0 radical (unpaired) electrons. The zero-order chi connectivity index (χ0) is 15.1. The fourth-order valence-electron chi connectivity index (χ4n) is 2.42. The fourth-order valence-corrected chi connectivity index (χ4v) is 2.42. The molecule has 0 bridgehead atoms. The predicted octanol–water partition coefficient (Wildman–Crippen LogP) is 2.16. The van der Waals surface area contributed by atoms with E-state index in [9.17, 15) is 4.79 Å². The number of rotatable bonds is 7. The highest BCUT2D eigenvalue weighted by Crippen LogP contribution is 2.26. The van der Waals surface area contributed by atoms with Crippen molar-refractivity contribution in [3.05, 3.63) is 35.4 Å². The summed E-state index contributed by atoms with van der Waals surface area (Å²) in [6.07, 6.45) is 5.99. The lowest BCUT2D eigenvalue weighted by Gasteiger charge is -2.13. The maximum atomic E-state index is 11.8. The number of hydrogen-bond acceptors (Lipinski definition) is 3. The van der Waals surface area contributed by atoms with Gasteiger partial charge in [0, 0.05) is 25.6 Å². The molecule has 1 aliphatic rings. The Bertz CT molecular complexity index is 511. The molecule has 21 heavy (non-hydrogen) atoms. The van der Waals surface area contributed by atoms with Crippen molar-refractivity contribution in [2.45, 2.75) is 26.2 Å². The van der Waals surface area contributed by atoms with Gasteiger partial charge in [0.1, 0.15) is 5.75 Å². The maximum Gasteiger partial charge on any atom is 0.244 e. The van der Waals surface area contributed by atoms with Crippen molar-refractivity contribution < 1.29 is 14.6 Å². The quantitative estimate of drug-likeness (QED) is 0.756. The van der Waals surface area contributed by atoms with E-state index in [2.05, 4.69) is 18.3 Å². The summed E-state index contributed by atoms with van der Waals surface area (Å²) in [4.78, 5) is 11.8. The molecule has 0 aromatic heterocycles. The van der Waals surface area contributed by atoms with E-state index in [-0.39, 0.29) is 12.5 Å². The molecule has 1 heterocycles. The standard InChI is InChI=1S/C17H23NO3/c1-2-13(7-9-19)12-18-17(20)6-4-14-3-5-16-15(11-14)8-10-21-16/h3-6,11,13,19H,2,7-10,12H2,1H3,(H,18,20)/b6-4+. The molecule has 1 aliphatic heterocycles. The van der Waals surface area contributed by atoms with Gasteiger partial charge < -0.3 is 15.2 Å². The minimum absolute atomic E-state index is 0.0943. The second kappa shape index (κ2) is 7.84. The molecule has 0 aliphatic carbocycles. The summed E-state index contributed by atoms with van der Waals surface area (Å²) in [6, 6.07) is 5.97. The number of amides is 1. The van der Waals surface area contributed by atoms with E-state index in [0.29, 0.717) is 12.5 Å². The number of hydrogen-bond donors (Lipinski definition) is 2. The third kappa shape index (κ3) is 4.60. The van der Waals surface area contributed by atoms with E-state index in [1.54, 1.807) is 6.08 Å². The van der Waals surface area contributed by atoms with Gasteiger partial charge in [0.2, 0.25) is 5.91 Å². The lowest BCUT2D eigenvalue weighted by Crippen LogP contribution is -2.28. The zero-order valence-electron chi connectivity index (χ0n) is 12.5. The first-order valence-corrected chi connectivity index (χ1v) is 7.55. The SMILES string of the molecule is CCC(CCO)CNC(=O)/C=C/c1ccc2c(c1)CCO2. The molecule has 0 fully saturated rings.